The summed E-state index contributed by atoms with van der Waals surface area (Å²) in [7, 11) is 0. The lowest BCUT2D eigenvalue weighted by Gasteiger charge is -2.08. The van der Waals surface area contributed by atoms with Crippen LogP contribution in [0.15, 0.2) is 79.0 Å². The number of hydrogen-bond donors (Lipinski definition) is 0. The Morgan fingerprint density at radius 2 is 1.38 bits per heavy atom. The molecule has 4 rings (SSSR count). The van der Waals surface area contributed by atoms with E-state index in [0.717, 1.165) is 28.2 Å². The van der Waals surface area contributed by atoms with Crippen LogP contribution >= 0.6 is 0 Å². The van der Waals surface area contributed by atoms with Gasteiger partial charge >= 0.3 is 0 Å². The summed E-state index contributed by atoms with van der Waals surface area (Å²) in [6.07, 6.45) is 1.78. The van der Waals surface area contributed by atoms with Gasteiger partial charge in [0.05, 0.1) is 17.6 Å². The van der Waals surface area contributed by atoms with E-state index in [1.807, 2.05) is 47.0 Å². The summed E-state index contributed by atoms with van der Waals surface area (Å²) < 4.78 is 1.88. The summed E-state index contributed by atoms with van der Waals surface area (Å²) in [4.78, 5) is 4.69. The Balaban J connectivity index is 2.00. The first-order valence-electron chi connectivity index (χ1n) is 6.87. The third-order valence-electron chi connectivity index (χ3n) is 3.50. The van der Waals surface area contributed by atoms with Gasteiger partial charge in [0.25, 0.3) is 0 Å². The summed E-state index contributed by atoms with van der Waals surface area (Å²) in [5.41, 5.74) is 5.10. The van der Waals surface area contributed by atoms with Gasteiger partial charge in [-0.05, 0) is 6.07 Å². The second kappa shape index (κ2) is 4.87. The van der Waals surface area contributed by atoms with Crippen molar-refractivity contribution in [1.82, 2.24) is 14.6 Å². The zero-order chi connectivity index (χ0) is 14.1. The third-order valence-corrected chi connectivity index (χ3v) is 3.50. The van der Waals surface area contributed by atoms with Crippen LogP contribution in [0.25, 0.3) is 28.2 Å². The molecule has 2 aromatic carbocycles. The van der Waals surface area contributed by atoms with Crippen LogP contribution in [0.5, 0.6) is 0 Å². The molecular formula is C18H13N3. The van der Waals surface area contributed by atoms with Gasteiger partial charge in [-0.2, -0.15) is 5.10 Å². The Hall–Kier alpha value is -2.94. The maximum absolute atomic E-state index is 4.69. The summed E-state index contributed by atoms with van der Waals surface area (Å²) in [5, 5.41) is 4.38. The molecule has 0 N–H and O–H groups in total. The molecule has 2 aromatic heterocycles. The van der Waals surface area contributed by atoms with Crippen molar-refractivity contribution in [2.45, 2.75) is 0 Å². The van der Waals surface area contributed by atoms with Gasteiger partial charge in [-0.3, -0.25) is 0 Å². The van der Waals surface area contributed by atoms with Crippen molar-refractivity contribution in [1.29, 1.82) is 0 Å². The highest BCUT2D eigenvalue weighted by molar-refractivity contribution is 5.71. The van der Waals surface area contributed by atoms with Crippen LogP contribution in [0, 0.1) is 0 Å². The monoisotopic (exact) mass is 271 g/mol. The number of hydrogen-bond acceptors (Lipinski definition) is 2. The van der Waals surface area contributed by atoms with Gasteiger partial charge in [0, 0.05) is 17.2 Å². The van der Waals surface area contributed by atoms with E-state index in [1.165, 1.54) is 0 Å². The van der Waals surface area contributed by atoms with Crippen LogP contribution in [-0.2, 0) is 0 Å². The molecule has 0 atom stereocenters. The lowest BCUT2D eigenvalue weighted by molar-refractivity contribution is 0.949. The van der Waals surface area contributed by atoms with E-state index in [1.54, 1.807) is 6.20 Å². The number of fused-ring (bicyclic) bond motifs is 1. The van der Waals surface area contributed by atoms with Gasteiger partial charge in [-0.25, -0.2) is 9.50 Å². The fourth-order valence-corrected chi connectivity index (χ4v) is 2.48. The zero-order valence-electron chi connectivity index (χ0n) is 11.3. The van der Waals surface area contributed by atoms with Gasteiger partial charge in [0.15, 0.2) is 5.65 Å². The van der Waals surface area contributed by atoms with Crippen molar-refractivity contribution >= 4 is 5.65 Å². The van der Waals surface area contributed by atoms with E-state index < -0.39 is 0 Å². The van der Waals surface area contributed by atoms with Gasteiger partial charge in [-0.15, -0.1) is 0 Å². The minimum atomic E-state index is 0.857. The Bertz CT molecular complexity index is 880. The molecule has 0 amide bonds. The molecule has 3 heteroatoms. The molecule has 0 spiro atoms. The average Bonchev–Trinajstić information content (AvgIpc) is 3.04. The van der Waals surface area contributed by atoms with E-state index in [9.17, 15) is 0 Å². The van der Waals surface area contributed by atoms with E-state index in [4.69, 9.17) is 4.98 Å². The standard InChI is InChI=1S/C18H13N3/c1-3-7-14(8-4-1)16-13-17(15-9-5-2-6-10-15)21-18(20-16)11-12-19-21/h1-13H. The SMILES string of the molecule is c1ccc(-c2cc(-c3ccccc3)n3nccc3n2)cc1. The average molecular weight is 271 g/mol. The highest BCUT2D eigenvalue weighted by Gasteiger charge is 2.09. The predicted octanol–water partition coefficient (Wildman–Crippen LogP) is 4.06. The van der Waals surface area contributed by atoms with E-state index in [-0.39, 0.29) is 0 Å². The topological polar surface area (TPSA) is 30.2 Å². The van der Waals surface area contributed by atoms with Crippen LogP contribution in [0.4, 0.5) is 0 Å². The Kier molecular flexibility index (Phi) is 2.75. The minimum Gasteiger partial charge on any atom is -0.228 e. The van der Waals surface area contributed by atoms with E-state index >= 15 is 0 Å². The minimum absolute atomic E-state index is 0.857. The van der Waals surface area contributed by atoms with Gasteiger partial charge in [0.2, 0.25) is 0 Å². The van der Waals surface area contributed by atoms with Gasteiger partial charge in [-0.1, -0.05) is 60.7 Å². The summed E-state index contributed by atoms with van der Waals surface area (Å²) in [6.45, 7) is 0. The molecule has 0 fully saturated rings. The van der Waals surface area contributed by atoms with Crippen molar-refractivity contribution in [2.75, 3.05) is 0 Å². The van der Waals surface area contributed by atoms with Gasteiger partial charge < -0.3 is 0 Å². The largest absolute Gasteiger partial charge is 0.228 e. The maximum Gasteiger partial charge on any atom is 0.156 e. The Labute approximate surface area is 122 Å². The third kappa shape index (κ3) is 2.09. The van der Waals surface area contributed by atoms with Crippen molar-refractivity contribution in [2.24, 2.45) is 0 Å². The molecule has 0 bridgehead atoms. The molecule has 0 saturated heterocycles. The molecule has 21 heavy (non-hydrogen) atoms. The summed E-state index contributed by atoms with van der Waals surface area (Å²) in [6, 6.07) is 24.5. The van der Waals surface area contributed by atoms with Crippen molar-refractivity contribution in [3.05, 3.63) is 79.0 Å². The number of aromatic nitrogens is 3. The van der Waals surface area contributed by atoms with Gasteiger partial charge in [0.1, 0.15) is 0 Å². The molecule has 0 radical (unpaired) electrons. The number of nitrogens with zero attached hydrogens (tertiary/aromatic N) is 3. The first-order chi connectivity index (χ1) is 10.4. The molecule has 2 heterocycles. The summed E-state index contributed by atoms with van der Waals surface area (Å²) in [5.74, 6) is 0. The molecule has 0 aliphatic carbocycles. The first-order valence-corrected chi connectivity index (χ1v) is 6.87. The maximum atomic E-state index is 4.69. The zero-order valence-corrected chi connectivity index (χ0v) is 11.3. The normalized spacial score (nSPS) is 10.9. The molecule has 4 aromatic rings. The van der Waals surface area contributed by atoms with E-state index in [2.05, 4.69) is 35.4 Å². The van der Waals surface area contributed by atoms with E-state index in [0.29, 0.717) is 0 Å². The fourth-order valence-electron chi connectivity index (χ4n) is 2.48. The fraction of sp³-hybridized carbons (Fsp3) is 0. The van der Waals surface area contributed by atoms with Crippen LogP contribution < -0.4 is 0 Å². The lowest BCUT2D eigenvalue weighted by Crippen LogP contribution is -1.97. The number of rotatable bonds is 2. The van der Waals surface area contributed by atoms with Crippen LogP contribution in [0.1, 0.15) is 0 Å². The second-order valence-corrected chi connectivity index (χ2v) is 4.86. The molecule has 100 valence electrons. The lowest BCUT2D eigenvalue weighted by atomic mass is 10.1. The van der Waals surface area contributed by atoms with Crippen LogP contribution in [-0.4, -0.2) is 14.6 Å². The molecular weight excluding hydrogens is 258 g/mol. The summed E-state index contributed by atoms with van der Waals surface area (Å²) >= 11 is 0. The Morgan fingerprint density at radius 1 is 0.714 bits per heavy atom. The molecule has 3 nitrogen and oxygen atoms in total. The quantitative estimate of drug-likeness (QED) is 0.550. The Morgan fingerprint density at radius 3 is 2.10 bits per heavy atom. The van der Waals surface area contributed by atoms with Crippen molar-refractivity contribution < 1.29 is 0 Å². The molecule has 0 saturated carbocycles. The highest BCUT2D eigenvalue weighted by atomic mass is 15.2. The molecule has 0 aliphatic rings. The van der Waals surface area contributed by atoms with Crippen LogP contribution in [0.2, 0.25) is 0 Å². The van der Waals surface area contributed by atoms with Crippen molar-refractivity contribution in [3.8, 4) is 22.5 Å². The first kappa shape index (κ1) is 11.9. The smallest absolute Gasteiger partial charge is 0.156 e. The number of benzene rings is 2. The molecule has 0 unspecified atom stereocenters. The molecule has 0 aliphatic heterocycles. The highest BCUT2D eigenvalue weighted by Crippen LogP contribution is 2.25. The van der Waals surface area contributed by atoms with Crippen molar-refractivity contribution in [3.63, 3.8) is 0 Å². The predicted molar refractivity (Wildman–Crippen MR) is 83.9 cm³/mol. The second-order valence-electron chi connectivity index (χ2n) is 4.86. The van der Waals surface area contributed by atoms with Crippen LogP contribution in [0.3, 0.4) is 0 Å².